The van der Waals surface area contributed by atoms with Crippen LogP contribution in [-0.2, 0) is 13.1 Å². The van der Waals surface area contributed by atoms with Crippen molar-refractivity contribution in [1.29, 1.82) is 0 Å². The van der Waals surface area contributed by atoms with Crippen molar-refractivity contribution in [2.45, 2.75) is 32.0 Å². The van der Waals surface area contributed by atoms with Gasteiger partial charge in [0.05, 0.1) is 18.3 Å². The predicted molar refractivity (Wildman–Crippen MR) is 54.9 cm³/mol. The Hall–Kier alpha value is -0.910. The van der Waals surface area contributed by atoms with Crippen molar-refractivity contribution in [3.05, 3.63) is 17.5 Å². The highest BCUT2D eigenvalue weighted by Crippen LogP contribution is 2.14. The molecule has 2 rings (SSSR count). The second-order valence-electron chi connectivity index (χ2n) is 4.02. The summed E-state index contributed by atoms with van der Waals surface area (Å²) in [6, 6.07) is 1.88. The lowest BCUT2D eigenvalue weighted by Crippen LogP contribution is -2.37. The van der Waals surface area contributed by atoms with Crippen LogP contribution in [-0.4, -0.2) is 34.4 Å². The zero-order valence-electron chi connectivity index (χ0n) is 8.72. The number of rotatable bonds is 3. The summed E-state index contributed by atoms with van der Waals surface area (Å²) in [6.45, 7) is 2.85. The smallest absolute Gasteiger partial charge is 0.151 e. The lowest BCUT2D eigenvalue weighted by Gasteiger charge is -2.28. The van der Waals surface area contributed by atoms with Gasteiger partial charge in [0.1, 0.15) is 0 Å². The van der Waals surface area contributed by atoms with E-state index in [2.05, 4.69) is 10.1 Å². The van der Waals surface area contributed by atoms with Gasteiger partial charge in [-0.25, -0.2) is 0 Å². The molecule has 0 saturated carbocycles. The summed E-state index contributed by atoms with van der Waals surface area (Å²) in [5.41, 5.74) is 6.22. The van der Waals surface area contributed by atoms with Crippen molar-refractivity contribution >= 4 is 0 Å². The highest BCUT2D eigenvalue weighted by molar-refractivity contribution is 5.04. The van der Waals surface area contributed by atoms with Gasteiger partial charge in [-0.1, -0.05) is 5.16 Å². The number of β-amino-alcohol motifs (C(OH)–C–C–N with tert-alkyl or cyclic N) is 1. The summed E-state index contributed by atoms with van der Waals surface area (Å²) in [7, 11) is 0. The van der Waals surface area contributed by atoms with Crippen molar-refractivity contribution in [1.82, 2.24) is 10.1 Å². The van der Waals surface area contributed by atoms with Crippen LogP contribution in [0.1, 0.15) is 24.3 Å². The van der Waals surface area contributed by atoms with Gasteiger partial charge in [0.15, 0.2) is 5.76 Å². The van der Waals surface area contributed by atoms with E-state index in [4.69, 9.17) is 10.3 Å². The van der Waals surface area contributed by atoms with Crippen molar-refractivity contribution in [3.8, 4) is 0 Å². The van der Waals surface area contributed by atoms with E-state index >= 15 is 0 Å². The first kappa shape index (κ1) is 10.6. The van der Waals surface area contributed by atoms with E-state index in [0.29, 0.717) is 13.1 Å². The molecule has 0 amide bonds. The van der Waals surface area contributed by atoms with Crippen LogP contribution in [0.5, 0.6) is 0 Å². The molecular formula is C10H17N3O2. The molecule has 1 fully saturated rings. The van der Waals surface area contributed by atoms with Gasteiger partial charge < -0.3 is 15.4 Å². The molecule has 5 heteroatoms. The molecule has 0 aromatic carbocycles. The number of hydrogen-bond acceptors (Lipinski definition) is 5. The van der Waals surface area contributed by atoms with Crippen molar-refractivity contribution in [3.63, 3.8) is 0 Å². The summed E-state index contributed by atoms with van der Waals surface area (Å²) >= 11 is 0. The number of likely N-dealkylation sites (tertiary alicyclic amines) is 1. The standard InChI is InChI=1S/C10H17N3O2/c11-5-8-4-10(15-12-8)7-13-3-1-2-9(14)6-13/h4,9,14H,1-3,5-7,11H2. The van der Waals surface area contributed by atoms with Gasteiger partial charge in [0.2, 0.25) is 0 Å². The summed E-state index contributed by atoms with van der Waals surface area (Å²) in [4.78, 5) is 2.18. The van der Waals surface area contributed by atoms with E-state index in [-0.39, 0.29) is 6.10 Å². The third-order valence-corrected chi connectivity index (χ3v) is 2.68. The lowest BCUT2D eigenvalue weighted by atomic mass is 10.1. The molecule has 0 bridgehead atoms. The van der Waals surface area contributed by atoms with Gasteiger partial charge in [-0.15, -0.1) is 0 Å². The molecule has 1 aliphatic rings. The van der Waals surface area contributed by atoms with Crippen LogP contribution in [0.4, 0.5) is 0 Å². The van der Waals surface area contributed by atoms with Gasteiger partial charge in [0, 0.05) is 19.2 Å². The molecule has 0 spiro atoms. The Morgan fingerprint density at radius 1 is 1.67 bits per heavy atom. The Kier molecular flexibility index (Phi) is 3.35. The zero-order valence-corrected chi connectivity index (χ0v) is 8.72. The van der Waals surface area contributed by atoms with Gasteiger partial charge in [-0.3, -0.25) is 4.90 Å². The van der Waals surface area contributed by atoms with Gasteiger partial charge in [0.25, 0.3) is 0 Å². The predicted octanol–water partition coefficient (Wildman–Crippen LogP) is 0.0900. The number of nitrogens with two attached hydrogens (primary N) is 1. The first-order chi connectivity index (χ1) is 7.28. The molecule has 1 atom stereocenters. The zero-order chi connectivity index (χ0) is 10.7. The maximum Gasteiger partial charge on any atom is 0.151 e. The molecule has 1 aromatic heterocycles. The van der Waals surface area contributed by atoms with Crippen molar-refractivity contribution in [2.75, 3.05) is 13.1 Å². The Morgan fingerprint density at radius 2 is 2.53 bits per heavy atom. The third-order valence-electron chi connectivity index (χ3n) is 2.68. The van der Waals surface area contributed by atoms with E-state index < -0.39 is 0 Å². The van der Waals surface area contributed by atoms with E-state index in [0.717, 1.165) is 37.4 Å². The molecular weight excluding hydrogens is 194 g/mol. The quantitative estimate of drug-likeness (QED) is 0.741. The van der Waals surface area contributed by atoms with Crippen molar-refractivity contribution < 1.29 is 9.63 Å². The maximum absolute atomic E-state index is 9.50. The molecule has 3 N–H and O–H groups in total. The fraction of sp³-hybridized carbons (Fsp3) is 0.700. The number of hydrogen-bond donors (Lipinski definition) is 2. The third kappa shape index (κ3) is 2.77. The second-order valence-corrected chi connectivity index (χ2v) is 4.02. The molecule has 0 aliphatic carbocycles. The normalized spacial score (nSPS) is 23.2. The van der Waals surface area contributed by atoms with E-state index in [1.807, 2.05) is 6.07 Å². The number of nitrogens with zero attached hydrogens (tertiary/aromatic N) is 2. The molecule has 2 heterocycles. The number of aromatic nitrogens is 1. The molecule has 15 heavy (non-hydrogen) atoms. The van der Waals surface area contributed by atoms with Crippen LogP contribution in [0.2, 0.25) is 0 Å². The number of aliphatic hydroxyl groups excluding tert-OH is 1. The summed E-state index contributed by atoms with van der Waals surface area (Å²) < 4.78 is 5.14. The topological polar surface area (TPSA) is 75.5 Å². The molecule has 1 unspecified atom stereocenters. The Bertz CT molecular complexity index is 313. The minimum absolute atomic E-state index is 0.198. The van der Waals surface area contributed by atoms with Crippen LogP contribution >= 0.6 is 0 Å². The van der Waals surface area contributed by atoms with Gasteiger partial charge in [-0.05, 0) is 19.4 Å². The van der Waals surface area contributed by atoms with E-state index in [9.17, 15) is 5.11 Å². The maximum atomic E-state index is 9.50. The minimum Gasteiger partial charge on any atom is -0.392 e. The van der Waals surface area contributed by atoms with E-state index in [1.165, 1.54) is 0 Å². The van der Waals surface area contributed by atoms with Crippen LogP contribution in [0.3, 0.4) is 0 Å². The first-order valence-electron chi connectivity index (χ1n) is 5.33. The average molecular weight is 211 g/mol. The average Bonchev–Trinajstić information content (AvgIpc) is 2.65. The summed E-state index contributed by atoms with van der Waals surface area (Å²) in [6.07, 6.45) is 1.75. The Labute approximate surface area is 88.8 Å². The molecule has 0 radical (unpaired) electrons. The van der Waals surface area contributed by atoms with Crippen LogP contribution < -0.4 is 5.73 Å². The molecule has 84 valence electrons. The fourth-order valence-corrected chi connectivity index (χ4v) is 1.92. The highest BCUT2D eigenvalue weighted by Gasteiger charge is 2.18. The largest absolute Gasteiger partial charge is 0.392 e. The summed E-state index contributed by atoms with van der Waals surface area (Å²) in [5.74, 6) is 0.824. The van der Waals surface area contributed by atoms with Crippen LogP contribution in [0, 0.1) is 0 Å². The number of aliphatic hydroxyl groups is 1. The fourth-order valence-electron chi connectivity index (χ4n) is 1.92. The Balaban J connectivity index is 1.90. The van der Waals surface area contributed by atoms with Crippen LogP contribution in [0.15, 0.2) is 10.6 Å². The minimum atomic E-state index is -0.198. The molecule has 1 aliphatic heterocycles. The van der Waals surface area contributed by atoms with Gasteiger partial charge >= 0.3 is 0 Å². The lowest BCUT2D eigenvalue weighted by molar-refractivity contribution is 0.0622. The SMILES string of the molecule is NCc1cc(CN2CCCC(O)C2)on1. The van der Waals surface area contributed by atoms with Crippen LogP contribution in [0.25, 0.3) is 0 Å². The number of piperidine rings is 1. The highest BCUT2D eigenvalue weighted by atomic mass is 16.5. The van der Waals surface area contributed by atoms with Gasteiger partial charge in [-0.2, -0.15) is 0 Å². The van der Waals surface area contributed by atoms with E-state index in [1.54, 1.807) is 0 Å². The summed E-state index contributed by atoms with van der Waals surface area (Å²) in [5, 5.41) is 13.3. The molecule has 5 nitrogen and oxygen atoms in total. The van der Waals surface area contributed by atoms with Crippen molar-refractivity contribution in [2.24, 2.45) is 5.73 Å². The second kappa shape index (κ2) is 4.74. The first-order valence-corrected chi connectivity index (χ1v) is 5.33. The molecule has 1 aromatic rings. The molecule has 1 saturated heterocycles. The monoisotopic (exact) mass is 211 g/mol. The Morgan fingerprint density at radius 3 is 3.20 bits per heavy atom.